The van der Waals surface area contributed by atoms with E-state index in [0.717, 1.165) is 110 Å². The first-order chi connectivity index (χ1) is 56.1. The van der Waals surface area contributed by atoms with E-state index in [-0.39, 0.29) is 5.41 Å². The lowest BCUT2D eigenvalue weighted by molar-refractivity contribution is 0.661. The molecule has 0 bridgehead atoms. The highest BCUT2D eigenvalue weighted by Gasteiger charge is 2.42. The van der Waals surface area contributed by atoms with Gasteiger partial charge < -0.3 is 9.13 Å². The highest BCUT2D eigenvalue weighted by Crippen LogP contribution is 2.59. The standard InChI is InChI=1S/C104H68N10/c1-103(2)81-52-48-61-27-14-15-34-67(61)93(81)79-58-77-72-39-20-22-44-87(72)113(91(77)60-83(79)103)89-54-50-75(68-35-16-18-37-70(68)89)100-110-101(85-41-24-25-56-105-85)112-102(111-100)86-43-26-42-84(106-86)66-47-46-62-49-53-82-94(76(62)57-66)80-59-78-73-40-21-23-45-88(73)114(96(78)92(95(80)104(82,3)4)63-28-8-5-9-29-63)90-55-51-74(69-36-17-19-38-71(69)90)99-108-97(64-30-10-6-11-31-64)107-98(109-99)65-32-12-7-13-33-65/h5-60H,1-4H3. The molecular formula is C104H68N10. The summed E-state index contributed by atoms with van der Waals surface area (Å²) in [5, 5.41) is 13.8. The Morgan fingerprint density at radius 1 is 0.237 bits per heavy atom. The van der Waals surface area contributed by atoms with E-state index in [9.17, 15) is 0 Å². The molecule has 15 aromatic carbocycles. The van der Waals surface area contributed by atoms with Gasteiger partial charge in [0.05, 0.1) is 39.1 Å². The summed E-state index contributed by atoms with van der Waals surface area (Å²) in [5.74, 6) is 3.27. The van der Waals surface area contributed by atoms with E-state index < -0.39 is 5.41 Å². The van der Waals surface area contributed by atoms with Crippen molar-refractivity contribution in [2.45, 2.75) is 38.5 Å². The zero-order chi connectivity index (χ0) is 75.7. The van der Waals surface area contributed by atoms with Crippen LogP contribution in [0, 0.1) is 0 Å². The molecule has 0 saturated carbocycles. The summed E-state index contributed by atoms with van der Waals surface area (Å²) in [6.07, 6.45) is 1.79. The second kappa shape index (κ2) is 24.9. The predicted octanol–water partition coefficient (Wildman–Crippen LogP) is 25.6. The summed E-state index contributed by atoms with van der Waals surface area (Å²) in [5.41, 5.74) is 25.3. The third kappa shape index (κ3) is 9.80. The Morgan fingerprint density at radius 3 is 1.36 bits per heavy atom. The molecule has 114 heavy (non-hydrogen) atoms. The van der Waals surface area contributed by atoms with Gasteiger partial charge in [-0.05, 0) is 167 Å². The van der Waals surface area contributed by atoms with E-state index in [4.69, 9.17) is 39.9 Å². The first-order valence-corrected chi connectivity index (χ1v) is 39.0. The number of benzene rings is 15. The van der Waals surface area contributed by atoms with Crippen LogP contribution in [0.25, 0.3) is 211 Å². The lowest BCUT2D eigenvalue weighted by Crippen LogP contribution is -2.17. The first kappa shape index (κ1) is 65.2. The van der Waals surface area contributed by atoms with Gasteiger partial charge in [-0.15, -0.1) is 0 Å². The molecule has 2 aliphatic carbocycles. The van der Waals surface area contributed by atoms with Crippen molar-refractivity contribution in [2.75, 3.05) is 0 Å². The van der Waals surface area contributed by atoms with Crippen LogP contribution in [0.1, 0.15) is 49.9 Å². The van der Waals surface area contributed by atoms with Crippen LogP contribution in [-0.4, -0.2) is 49.0 Å². The van der Waals surface area contributed by atoms with Crippen molar-refractivity contribution >= 4 is 86.7 Å². The fourth-order valence-corrected chi connectivity index (χ4v) is 19.0. The van der Waals surface area contributed by atoms with Crippen molar-refractivity contribution in [2.24, 2.45) is 0 Å². The Bertz CT molecular complexity index is 7590. The molecule has 0 fully saturated rings. The Labute approximate surface area is 656 Å². The average Bonchev–Trinajstić information content (AvgIpc) is 1.53. The zero-order valence-electron chi connectivity index (χ0n) is 62.8. The van der Waals surface area contributed by atoms with E-state index in [1.54, 1.807) is 6.20 Å². The minimum atomic E-state index is -0.453. The van der Waals surface area contributed by atoms with Gasteiger partial charge in [-0.2, -0.15) is 0 Å². The molecule has 0 radical (unpaired) electrons. The van der Waals surface area contributed by atoms with Crippen molar-refractivity contribution < 1.29 is 0 Å². The number of aromatic nitrogens is 10. The van der Waals surface area contributed by atoms with E-state index in [2.05, 4.69) is 310 Å². The molecule has 6 aromatic heterocycles. The summed E-state index contributed by atoms with van der Waals surface area (Å²) >= 11 is 0. The summed E-state index contributed by atoms with van der Waals surface area (Å²) in [7, 11) is 0. The maximum absolute atomic E-state index is 5.54. The lowest BCUT2D eigenvalue weighted by Gasteiger charge is -2.26. The Kier molecular flexibility index (Phi) is 14.2. The number of nitrogens with zero attached hydrogens (tertiary/aromatic N) is 10. The number of para-hydroxylation sites is 2. The van der Waals surface area contributed by atoms with Crippen LogP contribution in [0.4, 0.5) is 0 Å². The number of pyridine rings is 2. The summed E-state index contributed by atoms with van der Waals surface area (Å²) in [6.45, 7) is 9.57. The first-order valence-electron chi connectivity index (χ1n) is 39.0. The van der Waals surface area contributed by atoms with Gasteiger partial charge in [0, 0.05) is 82.7 Å². The van der Waals surface area contributed by atoms with Gasteiger partial charge in [0.15, 0.2) is 34.9 Å². The predicted molar refractivity (Wildman–Crippen MR) is 466 cm³/mol. The van der Waals surface area contributed by atoms with E-state index in [0.29, 0.717) is 46.3 Å². The van der Waals surface area contributed by atoms with Crippen molar-refractivity contribution in [3.63, 3.8) is 0 Å². The molecule has 0 atom stereocenters. The Morgan fingerprint density at radius 2 is 0.711 bits per heavy atom. The number of rotatable bonds is 10. The smallest absolute Gasteiger partial charge is 0.182 e. The van der Waals surface area contributed by atoms with Crippen LogP contribution < -0.4 is 0 Å². The fraction of sp³-hybridized carbons (Fsp3) is 0.0577. The van der Waals surface area contributed by atoms with Crippen LogP contribution in [0.15, 0.2) is 340 Å². The SMILES string of the molecule is CC1(C)c2cc3c(cc2-c2c1ccc1ccccc21)c1ccccc1n3-c1ccc(-c2nc(-c3ccccn3)nc(-c3cccc(-c4ccc5ccc6c(c5c4)-c4cc5c7ccccc7n(-c7ccc(-c8nc(-c9ccccc9)nc(-c9ccccc9)n8)c8ccccc78)c5c(-c5ccccc5)c4C6(C)C)n3)n2)c2ccccc12. The molecule has 0 amide bonds. The molecule has 0 spiro atoms. The van der Waals surface area contributed by atoms with Gasteiger partial charge in [0.25, 0.3) is 0 Å². The van der Waals surface area contributed by atoms with Gasteiger partial charge in [-0.25, -0.2) is 34.9 Å². The van der Waals surface area contributed by atoms with Crippen LogP contribution >= 0.6 is 0 Å². The molecule has 21 aromatic rings. The largest absolute Gasteiger partial charge is 0.309 e. The minimum Gasteiger partial charge on any atom is -0.309 e. The van der Waals surface area contributed by atoms with Gasteiger partial charge in [0.2, 0.25) is 0 Å². The van der Waals surface area contributed by atoms with Crippen LogP contribution in [0.5, 0.6) is 0 Å². The van der Waals surface area contributed by atoms with Gasteiger partial charge in [-0.1, -0.05) is 276 Å². The van der Waals surface area contributed by atoms with Gasteiger partial charge in [0.1, 0.15) is 11.4 Å². The van der Waals surface area contributed by atoms with Crippen LogP contribution in [0.2, 0.25) is 0 Å². The number of hydrogen-bond donors (Lipinski definition) is 0. The molecule has 0 unspecified atom stereocenters. The zero-order valence-corrected chi connectivity index (χ0v) is 62.8. The molecule has 10 nitrogen and oxygen atoms in total. The van der Waals surface area contributed by atoms with Crippen LogP contribution in [-0.2, 0) is 10.8 Å². The summed E-state index contributed by atoms with van der Waals surface area (Å²) in [4.78, 5) is 41.9. The van der Waals surface area contributed by atoms with Crippen molar-refractivity contribution in [1.29, 1.82) is 0 Å². The maximum Gasteiger partial charge on any atom is 0.182 e. The fourth-order valence-electron chi connectivity index (χ4n) is 19.0. The lowest BCUT2D eigenvalue weighted by atomic mass is 9.78. The van der Waals surface area contributed by atoms with Crippen molar-refractivity contribution in [3.05, 3.63) is 362 Å². The highest BCUT2D eigenvalue weighted by atomic mass is 15.1. The van der Waals surface area contributed by atoms with E-state index >= 15 is 0 Å². The third-order valence-corrected chi connectivity index (χ3v) is 24.2. The van der Waals surface area contributed by atoms with E-state index in [1.165, 1.54) is 77.0 Å². The van der Waals surface area contributed by atoms with Crippen molar-refractivity contribution in [1.82, 2.24) is 49.0 Å². The second-order valence-electron chi connectivity index (χ2n) is 31.3. The molecule has 0 aliphatic heterocycles. The van der Waals surface area contributed by atoms with E-state index in [1.807, 2.05) is 60.7 Å². The van der Waals surface area contributed by atoms with Gasteiger partial charge >= 0.3 is 0 Å². The maximum atomic E-state index is 5.54. The topological polar surface area (TPSA) is 113 Å². The quantitative estimate of drug-likeness (QED) is 0.133. The third-order valence-electron chi connectivity index (χ3n) is 24.2. The molecular weight excluding hydrogens is 1390 g/mol. The molecule has 0 saturated heterocycles. The Balaban J connectivity index is 0.662. The normalized spacial score (nSPS) is 13.2. The van der Waals surface area contributed by atoms with Crippen molar-refractivity contribution in [3.8, 4) is 125 Å². The highest BCUT2D eigenvalue weighted by molar-refractivity contribution is 6.21. The molecule has 23 rings (SSSR count). The summed E-state index contributed by atoms with van der Waals surface area (Å²) in [6, 6.07) is 120. The average molecular weight is 1460 g/mol. The molecule has 10 heteroatoms. The van der Waals surface area contributed by atoms with Crippen LogP contribution in [0.3, 0.4) is 0 Å². The monoisotopic (exact) mass is 1460 g/mol. The molecule has 534 valence electrons. The molecule has 2 aliphatic rings. The summed E-state index contributed by atoms with van der Waals surface area (Å²) < 4.78 is 4.99. The van der Waals surface area contributed by atoms with Gasteiger partial charge in [-0.3, -0.25) is 4.98 Å². The second-order valence-corrected chi connectivity index (χ2v) is 31.3. The number of hydrogen-bond acceptors (Lipinski definition) is 8. The molecule has 0 N–H and O–H groups in total. The molecule has 6 heterocycles. The number of fused-ring (bicyclic) bond motifs is 18. The minimum absolute atomic E-state index is 0.224. The Hall–Kier alpha value is -14.7.